The fraction of sp³-hybridized carbons (Fsp3) is 0.414. The summed E-state index contributed by atoms with van der Waals surface area (Å²) in [6.45, 7) is 11.8. The monoisotopic (exact) mass is 617 g/mol. The van der Waals surface area contributed by atoms with Crippen LogP contribution in [0.1, 0.15) is 25.0 Å². The number of hydrogen-bond acceptors (Lipinski definition) is 10. The molecule has 1 aliphatic rings. The minimum atomic E-state index is -1.26. The van der Waals surface area contributed by atoms with Gasteiger partial charge in [0.05, 0.1) is 43.5 Å². The fourth-order valence-electron chi connectivity index (χ4n) is 4.26. The van der Waals surface area contributed by atoms with E-state index in [0.29, 0.717) is 24.1 Å². The zero-order valence-electron chi connectivity index (χ0n) is 25.0. The molecule has 1 saturated heterocycles. The van der Waals surface area contributed by atoms with Gasteiger partial charge in [0.1, 0.15) is 12.4 Å². The molecule has 1 aliphatic heterocycles. The first-order valence-corrected chi connectivity index (χ1v) is 13.8. The topological polar surface area (TPSA) is 155 Å². The van der Waals surface area contributed by atoms with Gasteiger partial charge in [0.25, 0.3) is 0 Å². The Morgan fingerprint density at radius 2 is 1.66 bits per heavy atom. The number of hydrogen-bond donors (Lipinski definition) is 3. The van der Waals surface area contributed by atoms with Crippen molar-refractivity contribution in [2.75, 3.05) is 45.2 Å². The van der Waals surface area contributed by atoms with Crippen molar-refractivity contribution < 1.29 is 38.1 Å². The maximum atomic E-state index is 14.4. The maximum Gasteiger partial charge on any atom is 0.328 e. The normalized spacial score (nSPS) is 13.9. The van der Waals surface area contributed by atoms with Gasteiger partial charge in [-0.3, -0.25) is 14.5 Å². The molecule has 15 heteroatoms. The van der Waals surface area contributed by atoms with Gasteiger partial charge in [0.2, 0.25) is 5.95 Å². The molecule has 0 spiro atoms. The summed E-state index contributed by atoms with van der Waals surface area (Å²) in [4.78, 5) is 32.5. The van der Waals surface area contributed by atoms with Crippen LogP contribution in [0.5, 0.6) is 11.5 Å². The number of ether oxygens (including phenoxy) is 2. The molecular weight excluding hydrogens is 580 g/mol. The number of aliphatic carboxylic acids is 2. The molecule has 238 valence electrons. The highest BCUT2D eigenvalue weighted by Gasteiger charge is 2.19. The summed E-state index contributed by atoms with van der Waals surface area (Å²) < 4.78 is 41.2. The maximum absolute atomic E-state index is 14.4. The van der Waals surface area contributed by atoms with E-state index in [0.717, 1.165) is 45.0 Å². The van der Waals surface area contributed by atoms with Crippen LogP contribution in [0.3, 0.4) is 0 Å². The first-order valence-electron chi connectivity index (χ1n) is 13.8. The summed E-state index contributed by atoms with van der Waals surface area (Å²) in [6, 6.07) is 1.91. The molecule has 0 saturated carbocycles. The number of carboxylic acids is 2. The molecule has 44 heavy (non-hydrogen) atoms. The molecule has 0 atom stereocenters. The molecule has 0 aliphatic carbocycles. The van der Waals surface area contributed by atoms with Gasteiger partial charge < -0.3 is 25.0 Å². The Labute approximate surface area is 253 Å². The Morgan fingerprint density at radius 1 is 1.02 bits per heavy atom. The first kappa shape index (κ1) is 33.9. The van der Waals surface area contributed by atoms with Gasteiger partial charge in [0, 0.05) is 57.1 Å². The molecule has 2 aromatic heterocycles. The second kappa shape index (κ2) is 16.3. The third-order valence-corrected chi connectivity index (χ3v) is 6.71. The van der Waals surface area contributed by atoms with E-state index in [4.69, 9.17) is 19.7 Å². The number of methoxy groups -OCH3 is 1. The van der Waals surface area contributed by atoms with E-state index in [2.05, 4.69) is 44.0 Å². The molecule has 3 heterocycles. The lowest BCUT2D eigenvalue weighted by Gasteiger charge is -2.36. The predicted molar refractivity (Wildman–Crippen MR) is 157 cm³/mol. The lowest BCUT2D eigenvalue weighted by molar-refractivity contribution is -0.134. The number of piperazine rings is 1. The number of anilines is 2. The highest BCUT2D eigenvalue weighted by molar-refractivity contribution is 5.89. The minimum Gasteiger partial charge on any atom is -0.494 e. The largest absolute Gasteiger partial charge is 0.494 e. The predicted octanol–water partition coefficient (Wildman–Crippen LogP) is 3.33. The van der Waals surface area contributed by atoms with Crippen LogP contribution in [0.4, 0.5) is 20.4 Å². The average Bonchev–Trinajstić information content (AvgIpc) is 3.45. The Balaban J connectivity index is 0.000000583. The van der Waals surface area contributed by atoms with E-state index >= 15 is 0 Å². The highest BCUT2D eigenvalue weighted by Crippen LogP contribution is 2.27. The average molecular weight is 618 g/mol. The molecule has 0 bridgehead atoms. The van der Waals surface area contributed by atoms with Gasteiger partial charge in [-0.05, 0) is 32.4 Å². The lowest BCUT2D eigenvalue weighted by atomic mass is 10.1. The Bertz CT molecular complexity index is 1410. The van der Waals surface area contributed by atoms with E-state index in [9.17, 15) is 18.4 Å². The van der Waals surface area contributed by atoms with Crippen LogP contribution in [0.25, 0.3) is 0 Å². The zero-order valence-corrected chi connectivity index (χ0v) is 25.0. The molecule has 3 aromatic rings. The van der Waals surface area contributed by atoms with E-state index in [-0.39, 0.29) is 29.2 Å². The number of halogens is 2. The fourth-order valence-corrected chi connectivity index (χ4v) is 4.26. The summed E-state index contributed by atoms with van der Waals surface area (Å²) >= 11 is 0. The van der Waals surface area contributed by atoms with Crippen molar-refractivity contribution in [2.24, 2.45) is 0 Å². The molecule has 0 amide bonds. The smallest absolute Gasteiger partial charge is 0.328 e. The Morgan fingerprint density at radius 3 is 2.23 bits per heavy atom. The SMILES string of the molecule is COc1cc(C)c(F)c(COc2cnc(Nc3cnn(CCN4CCN(C(C)C)CC4)c3)nc2)c1F.O=C(O)/C=C/C(=O)O. The van der Waals surface area contributed by atoms with Crippen LogP contribution in [-0.4, -0.2) is 97.6 Å². The van der Waals surface area contributed by atoms with Crippen LogP contribution < -0.4 is 14.8 Å². The summed E-state index contributed by atoms with van der Waals surface area (Å²) in [6.07, 6.45) is 7.64. The van der Waals surface area contributed by atoms with Gasteiger partial charge in [-0.25, -0.2) is 28.3 Å². The van der Waals surface area contributed by atoms with Crippen molar-refractivity contribution in [3.63, 3.8) is 0 Å². The summed E-state index contributed by atoms with van der Waals surface area (Å²) in [7, 11) is 1.33. The van der Waals surface area contributed by atoms with Crippen LogP contribution >= 0.6 is 0 Å². The van der Waals surface area contributed by atoms with Gasteiger partial charge >= 0.3 is 11.9 Å². The molecule has 1 fully saturated rings. The number of carbonyl (C=O) groups is 2. The number of nitrogens with one attached hydrogen (secondary N) is 1. The van der Waals surface area contributed by atoms with Crippen molar-refractivity contribution in [1.29, 1.82) is 0 Å². The molecule has 0 radical (unpaired) electrons. The molecular formula is C29H37F2N7O6. The summed E-state index contributed by atoms with van der Waals surface area (Å²) in [5.74, 6) is -3.34. The van der Waals surface area contributed by atoms with Crippen molar-refractivity contribution in [2.45, 2.75) is 40.0 Å². The Kier molecular flexibility index (Phi) is 12.5. The first-order chi connectivity index (χ1) is 21.0. The van der Waals surface area contributed by atoms with E-state index in [1.165, 1.54) is 25.6 Å². The van der Waals surface area contributed by atoms with Gasteiger partial charge in [-0.1, -0.05) is 0 Å². The van der Waals surface area contributed by atoms with Crippen molar-refractivity contribution in [1.82, 2.24) is 29.5 Å². The van der Waals surface area contributed by atoms with E-state index < -0.39 is 23.6 Å². The number of aryl methyl sites for hydroxylation is 1. The number of rotatable bonds is 12. The second-order valence-electron chi connectivity index (χ2n) is 10.1. The van der Waals surface area contributed by atoms with Crippen LogP contribution in [0.15, 0.2) is 43.0 Å². The van der Waals surface area contributed by atoms with Gasteiger partial charge in [0.15, 0.2) is 17.3 Å². The van der Waals surface area contributed by atoms with Crippen molar-refractivity contribution in [3.05, 3.63) is 65.8 Å². The third kappa shape index (κ3) is 10.3. The van der Waals surface area contributed by atoms with Gasteiger partial charge in [-0.2, -0.15) is 5.10 Å². The lowest BCUT2D eigenvalue weighted by Crippen LogP contribution is -2.49. The zero-order chi connectivity index (χ0) is 32.2. The highest BCUT2D eigenvalue weighted by atomic mass is 19.1. The molecule has 0 unspecified atom stereocenters. The second-order valence-corrected chi connectivity index (χ2v) is 10.1. The number of aromatic nitrogens is 4. The van der Waals surface area contributed by atoms with Crippen molar-refractivity contribution in [3.8, 4) is 11.5 Å². The van der Waals surface area contributed by atoms with Crippen molar-refractivity contribution >= 4 is 23.6 Å². The molecule has 1 aromatic carbocycles. The summed E-state index contributed by atoms with van der Waals surface area (Å²) in [5, 5.41) is 23.1. The van der Waals surface area contributed by atoms with Crippen LogP contribution in [0.2, 0.25) is 0 Å². The van der Waals surface area contributed by atoms with Crippen LogP contribution in [0, 0.1) is 18.6 Å². The molecule has 4 rings (SSSR count). The van der Waals surface area contributed by atoms with Crippen LogP contribution in [-0.2, 0) is 22.7 Å². The van der Waals surface area contributed by atoms with E-state index in [1.54, 1.807) is 13.1 Å². The number of benzene rings is 1. The minimum absolute atomic E-state index is 0.0301. The third-order valence-electron chi connectivity index (χ3n) is 6.71. The quantitative estimate of drug-likeness (QED) is 0.255. The Hall–Kier alpha value is -4.63. The summed E-state index contributed by atoms with van der Waals surface area (Å²) in [5.41, 5.74) is 0.837. The van der Waals surface area contributed by atoms with Gasteiger partial charge in [-0.15, -0.1) is 0 Å². The number of nitrogens with zero attached hydrogens (tertiary/aromatic N) is 6. The molecule has 13 nitrogen and oxygen atoms in total. The molecule has 3 N–H and O–H groups in total. The standard InChI is InChI=1S/C25H33F2N7O2.C4H4O4/c1-17(2)33-8-5-32(6-9-33)7-10-34-15-19(12-30-34)31-25-28-13-20(14-29-25)36-16-21-23(26)18(3)11-22(35-4)24(21)27;5-3(6)1-2-4(7)8/h11-15,17H,5-10,16H2,1-4H3,(H,28,29,31);1-2H,(H,5,6)(H,7,8)/b;2-1+. The number of carboxylic acid groups (broad SMARTS) is 2. The van der Waals surface area contributed by atoms with E-state index in [1.807, 2.05) is 10.9 Å².